The van der Waals surface area contributed by atoms with E-state index in [1.54, 1.807) is 42.5 Å². The Balaban J connectivity index is 1.48. The molecule has 1 heterocycles. The van der Waals surface area contributed by atoms with Gasteiger partial charge in [-0.05, 0) is 41.3 Å². The zero-order valence-electron chi connectivity index (χ0n) is 20.6. The van der Waals surface area contributed by atoms with Crippen LogP contribution in [0.25, 0.3) is 0 Å². The Bertz CT molecular complexity index is 1260. The van der Waals surface area contributed by atoms with Gasteiger partial charge in [-0.1, -0.05) is 67.6 Å². The zero-order valence-corrected chi connectivity index (χ0v) is 21.4. The Morgan fingerprint density at radius 1 is 0.944 bits per heavy atom. The van der Waals surface area contributed by atoms with Gasteiger partial charge in [0.1, 0.15) is 6.54 Å². The molecule has 0 atom stereocenters. The molecule has 0 spiro atoms. The highest BCUT2D eigenvalue weighted by atomic mass is 32.2. The Hall–Kier alpha value is -3.20. The number of ether oxygens (including phenoxy) is 1. The summed E-state index contributed by atoms with van der Waals surface area (Å²) < 4.78 is 33.8. The molecule has 4 rings (SSSR count). The van der Waals surface area contributed by atoms with Crippen LogP contribution in [-0.4, -0.2) is 52.1 Å². The van der Waals surface area contributed by atoms with E-state index in [0.29, 0.717) is 18.7 Å². The Labute approximate surface area is 213 Å². The first-order valence-electron chi connectivity index (χ1n) is 12.3. The molecule has 3 aromatic rings. The maximum absolute atomic E-state index is 13.6. The van der Waals surface area contributed by atoms with E-state index in [0.717, 1.165) is 44.0 Å². The summed E-state index contributed by atoms with van der Waals surface area (Å²) in [5, 5.41) is 2.91. The predicted molar refractivity (Wildman–Crippen MR) is 141 cm³/mol. The van der Waals surface area contributed by atoms with Crippen molar-refractivity contribution >= 4 is 21.6 Å². The number of anilines is 1. The van der Waals surface area contributed by atoms with Gasteiger partial charge in [0.05, 0.1) is 23.8 Å². The molecule has 1 aliphatic heterocycles. The number of amides is 1. The molecule has 1 fully saturated rings. The van der Waals surface area contributed by atoms with Gasteiger partial charge < -0.3 is 10.1 Å². The van der Waals surface area contributed by atoms with Crippen LogP contribution in [0.15, 0.2) is 83.8 Å². The fourth-order valence-corrected chi connectivity index (χ4v) is 5.79. The molecule has 3 aromatic carbocycles. The molecule has 1 amide bonds. The average Bonchev–Trinajstić information content (AvgIpc) is 2.92. The van der Waals surface area contributed by atoms with Crippen LogP contribution < -0.4 is 9.62 Å². The maximum atomic E-state index is 13.6. The molecule has 0 aliphatic carbocycles. The lowest BCUT2D eigenvalue weighted by Gasteiger charge is -2.27. The number of carbonyl (C=O) groups excluding carboxylic acids is 1. The number of hydrogen-bond donors (Lipinski definition) is 1. The lowest BCUT2D eigenvalue weighted by atomic mass is 10.1. The second kappa shape index (κ2) is 12.2. The molecule has 36 heavy (non-hydrogen) atoms. The quantitative estimate of drug-likeness (QED) is 0.454. The van der Waals surface area contributed by atoms with Crippen molar-refractivity contribution in [1.82, 2.24) is 10.2 Å². The second-order valence-corrected chi connectivity index (χ2v) is 10.7. The summed E-state index contributed by atoms with van der Waals surface area (Å²) >= 11 is 0. The van der Waals surface area contributed by atoms with Gasteiger partial charge in [-0.25, -0.2) is 8.42 Å². The lowest BCUT2D eigenvalue weighted by molar-refractivity contribution is -0.119. The first-order valence-corrected chi connectivity index (χ1v) is 13.7. The monoisotopic (exact) mass is 507 g/mol. The molecule has 0 unspecified atom stereocenters. The van der Waals surface area contributed by atoms with Crippen LogP contribution in [0.4, 0.5) is 5.69 Å². The van der Waals surface area contributed by atoms with E-state index in [-0.39, 0.29) is 17.3 Å². The molecule has 1 N–H and O–H groups in total. The number of nitrogens with zero attached hydrogens (tertiary/aromatic N) is 2. The zero-order chi connectivity index (χ0) is 25.4. The Morgan fingerprint density at radius 3 is 2.39 bits per heavy atom. The number of aryl methyl sites for hydroxylation is 1. The van der Waals surface area contributed by atoms with Crippen LogP contribution in [0.1, 0.15) is 23.6 Å². The average molecular weight is 508 g/mol. The first-order chi connectivity index (χ1) is 17.5. The van der Waals surface area contributed by atoms with Gasteiger partial charge in [-0.3, -0.25) is 14.0 Å². The number of benzene rings is 3. The van der Waals surface area contributed by atoms with Gasteiger partial charge in [0, 0.05) is 26.2 Å². The number of hydrogen-bond acceptors (Lipinski definition) is 5. The van der Waals surface area contributed by atoms with Gasteiger partial charge in [0.15, 0.2) is 0 Å². The maximum Gasteiger partial charge on any atom is 0.264 e. The molecule has 0 bridgehead atoms. The van der Waals surface area contributed by atoms with E-state index in [2.05, 4.69) is 22.3 Å². The van der Waals surface area contributed by atoms with Gasteiger partial charge in [-0.2, -0.15) is 0 Å². The van der Waals surface area contributed by atoms with E-state index in [1.807, 2.05) is 31.2 Å². The van der Waals surface area contributed by atoms with Crippen molar-refractivity contribution in [2.45, 2.75) is 31.3 Å². The fourth-order valence-electron chi connectivity index (χ4n) is 4.31. The lowest BCUT2D eigenvalue weighted by Crippen LogP contribution is -2.41. The number of morpholine rings is 1. The van der Waals surface area contributed by atoms with Crippen LogP contribution in [0, 0.1) is 0 Å². The molecule has 7 nitrogen and oxygen atoms in total. The number of rotatable bonds is 10. The van der Waals surface area contributed by atoms with Crippen LogP contribution >= 0.6 is 0 Å². The van der Waals surface area contributed by atoms with Crippen molar-refractivity contribution < 1.29 is 17.9 Å². The molecule has 190 valence electrons. The SMILES string of the molecule is CCc1ccccc1N(CC(=O)NCc1cccc(CN2CCOCC2)c1)S(=O)(=O)c1ccccc1. The van der Waals surface area contributed by atoms with Crippen LogP contribution in [-0.2, 0) is 39.1 Å². The highest BCUT2D eigenvalue weighted by Gasteiger charge is 2.28. The number of nitrogens with one attached hydrogen (secondary N) is 1. The Kier molecular flexibility index (Phi) is 8.74. The number of para-hydroxylation sites is 1. The van der Waals surface area contributed by atoms with Gasteiger partial charge in [0.2, 0.25) is 5.91 Å². The molecular formula is C28H33N3O4S. The van der Waals surface area contributed by atoms with Gasteiger partial charge in [0.25, 0.3) is 10.0 Å². The van der Waals surface area contributed by atoms with Crippen molar-refractivity contribution in [1.29, 1.82) is 0 Å². The molecule has 0 saturated carbocycles. The fraction of sp³-hybridized carbons (Fsp3) is 0.321. The summed E-state index contributed by atoms with van der Waals surface area (Å²) in [6.07, 6.45) is 0.647. The van der Waals surface area contributed by atoms with Gasteiger partial charge >= 0.3 is 0 Å². The van der Waals surface area contributed by atoms with E-state index in [1.165, 1.54) is 9.87 Å². The minimum Gasteiger partial charge on any atom is -0.379 e. The largest absolute Gasteiger partial charge is 0.379 e. The second-order valence-electron chi connectivity index (χ2n) is 8.79. The standard InChI is InChI=1S/C28H33N3O4S/c1-2-25-11-6-7-14-27(25)31(36(33,34)26-12-4-3-5-13-26)22-28(32)29-20-23-9-8-10-24(19-23)21-30-15-17-35-18-16-30/h3-14,19H,2,15-18,20-22H2,1H3,(H,29,32). The van der Waals surface area contributed by atoms with E-state index in [4.69, 9.17) is 4.74 Å². The summed E-state index contributed by atoms with van der Waals surface area (Å²) in [6.45, 7) is 6.14. The third-order valence-electron chi connectivity index (χ3n) is 6.25. The molecule has 1 aliphatic rings. The predicted octanol–water partition coefficient (Wildman–Crippen LogP) is 3.59. The summed E-state index contributed by atoms with van der Waals surface area (Å²) in [7, 11) is -3.93. The summed E-state index contributed by atoms with van der Waals surface area (Å²) in [4.78, 5) is 15.5. The van der Waals surface area contributed by atoms with Crippen LogP contribution in [0.3, 0.4) is 0 Å². The first kappa shape index (κ1) is 25.9. The summed E-state index contributed by atoms with van der Waals surface area (Å²) in [5.74, 6) is -0.362. The normalized spacial score (nSPS) is 14.4. The molecular weight excluding hydrogens is 474 g/mol. The summed E-state index contributed by atoms with van der Waals surface area (Å²) in [6, 6.07) is 23.7. The molecule has 0 aromatic heterocycles. The number of sulfonamides is 1. The Morgan fingerprint density at radius 2 is 1.64 bits per heavy atom. The highest BCUT2D eigenvalue weighted by Crippen LogP contribution is 2.27. The van der Waals surface area contributed by atoms with Crippen molar-refractivity contribution in [2.24, 2.45) is 0 Å². The molecule has 8 heteroatoms. The third-order valence-corrected chi connectivity index (χ3v) is 8.02. The summed E-state index contributed by atoms with van der Waals surface area (Å²) in [5.41, 5.74) is 3.53. The highest BCUT2D eigenvalue weighted by molar-refractivity contribution is 7.92. The van der Waals surface area contributed by atoms with Crippen molar-refractivity contribution in [2.75, 3.05) is 37.2 Å². The van der Waals surface area contributed by atoms with E-state index in [9.17, 15) is 13.2 Å². The molecule has 1 saturated heterocycles. The third kappa shape index (κ3) is 6.51. The smallest absolute Gasteiger partial charge is 0.264 e. The van der Waals surface area contributed by atoms with Gasteiger partial charge in [-0.15, -0.1) is 0 Å². The topological polar surface area (TPSA) is 79.0 Å². The van der Waals surface area contributed by atoms with Crippen LogP contribution in [0.2, 0.25) is 0 Å². The van der Waals surface area contributed by atoms with Crippen molar-refractivity contribution in [3.63, 3.8) is 0 Å². The molecule has 0 radical (unpaired) electrons. The van der Waals surface area contributed by atoms with E-state index < -0.39 is 10.0 Å². The van der Waals surface area contributed by atoms with E-state index >= 15 is 0 Å². The van der Waals surface area contributed by atoms with Crippen LogP contribution in [0.5, 0.6) is 0 Å². The van der Waals surface area contributed by atoms with Crippen molar-refractivity contribution in [3.05, 3.63) is 95.6 Å². The minimum absolute atomic E-state index is 0.152. The minimum atomic E-state index is -3.93. The van der Waals surface area contributed by atoms with Crippen molar-refractivity contribution in [3.8, 4) is 0 Å². The number of carbonyl (C=O) groups is 1.